The molecule has 0 unspecified atom stereocenters. The molecule has 9 nitrogen and oxygen atoms in total. The van der Waals surface area contributed by atoms with Crippen LogP contribution in [-0.2, 0) is 11.3 Å². The van der Waals surface area contributed by atoms with Crippen LogP contribution in [0.2, 0.25) is 5.02 Å². The highest BCUT2D eigenvalue weighted by molar-refractivity contribution is 8.18. The molecule has 0 spiro atoms. The van der Waals surface area contributed by atoms with Gasteiger partial charge < -0.3 is 9.47 Å². The maximum absolute atomic E-state index is 12.8. The number of thioether (sulfide) groups is 1. The molecule has 4 rings (SSSR count). The monoisotopic (exact) mass is 497 g/mol. The summed E-state index contributed by atoms with van der Waals surface area (Å²) < 4.78 is 11.0. The molecule has 3 aromatic rings. The highest BCUT2D eigenvalue weighted by Gasteiger charge is 2.35. The molecule has 1 aliphatic rings. The van der Waals surface area contributed by atoms with Gasteiger partial charge in [-0.1, -0.05) is 29.8 Å². The summed E-state index contributed by atoms with van der Waals surface area (Å²) in [6.45, 7) is 0.137. The number of carbonyl (C=O) groups excluding carboxylic acids is 2. The van der Waals surface area contributed by atoms with Crippen molar-refractivity contribution < 1.29 is 24.0 Å². The van der Waals surface area contributed by atoms with Gasteiger partial charge in [0.2, 0.25) is 0 Å². The summed E-state index contributed by atoms with van der Waals surface area (Å²) in [7, 11) is 1.42. The first-order valence-electron chi connectivity index (χ1n) is 9.81. The lowest BCUT2D eigenvalue weighted by Gasteiger charge is -2.12. The summed E-state index contributed by atoms with van der Waals surface area (Å²) >= 11 is 6.73. The van der Waals surface area contributed by atoms with E-state index in [2.05, 4.69) is 4.98 Å². The standard InChI is InChI=1S/C23H16ClN3O6S/c1-32-19-11-15(6-9-18(19)33-21-17(27(30)31)3-2-10-25-21)12-20-22(28)26(23(29)34-20)13-14-4-7-16(24)8-5-14/h2-12H,13H2,1H3/b20-12-. The number of ether oxygens (including phenoxy) is 2. The first-order chi connectivity index (χ1) is 16.4. The molecule has 2 heterocycles. The van der Waals surface area contributed by atoms with E-state index in [-0.39, 0.29) is 39.8 Å². The Morgan fingerprint density at radius 2 is 1.91 bits per heavy atom. The lowest BCUT2D eigenvalue weighted by atomic mass is 10.1. The number of hydrogen-bond donors (Lipinski definition) is 0. The average molecular weight is 498 g/mol. The van der Waals surface area contributed by atoms with Crippen molar-refractivity contribution in [3.8, 4) is 17.4 Å². The molecule has 2 aromatic carbocycles. The van der Waals surface area contributed by atoms with Crippen LogP contribution in [0.4, 0.5) is 10.5 Å². The predicted octanol–water partition coefficient (Wildman–Crippen LogP) is 5.68. The van der Waals surface area contributed by atoms with E-state index in [1.54, 1.807) is 48.5 Å². The zero-order valence-electron chi connectivity index (χ0n) is 17.6. The molecule has 1 saturated heterocycles. The number of methoxy groups -OCH3 is 1. The normalized spacial score (nSPS) is 14.5. The van der Waals surface area contributed by atoms with Crippen molar-refractivity contribution >= 4 is 46.3 Å². The smallest absolute Gasteiger partial charge is 0.331 e. The van der Waals surface area contributed by atoms with Crippen LogP contribution in [0.5, 0.6) is 17.4 Å². The Bertz CT molecular complexity index is 1310. The Balaban J connectivity index is 1.55. The molecule has 0 radical (unpaired) electrons. The third kappa shape index (κ3) is 5.03. The second kappa shape index (κ2) is 9.94. The number of halogens is 1. The molecule has 172 valence electrons. The van der Waals surface area contributed by atoms with Crippen LogP contribution >= 0.6 is 23.4 Å². The Morgan fingerprint density at radius 3 is 2.62 bits per heavy atom. The van der Waals surface area contributed by atoms with Crippen molar-refractivity contribution in [2.45, 2.75) is 6.54 Å². The number of aromatic nitrogens is 1. The van der Waals surface area contributed by atoms with E-state index in [4.69, 9.17) is 21.1 Å². The third-order valence-corrected chi connectivity index (χ3v) is 5.93. The summed E-state index contributed by atoms with van der Waals surface area (Å²) in [6.07, 6.45) is 2.95. The van der Waals surface area contributed by atoms with E-state index >= 15 is 0 Å². The molecule has 34 heavy (non-hydrogen) atoms. The maximum atomic E-state index is 12.8. The highest BCUT2D eigenvalue weighted by Crippen LogP contribution is 2.37. The first-order valence-corrected chi connectivity index (χ1v) is 11.0. The summed E-state index contributed by atoms with van der Waals surface area (Å²) in [5, 5.41) is 11.4. The number of imide groups is 1. The van der Waals surface area contributed by atoms with Gasteiger partial charge >= 0.3 is 5.69 Å². The molecular formula is C23H16ClN3O6S. The predicted molar refractivity (Wildman–Crippen MR) is 127 cm³/mol. The van der Waals surface area contributed by atoms with E-state index in [1.165, 1.54) is 25.4 Å². The quantitative estimate of drug-likeness (QED) is 0.233. The second-order valence-electron chi connectivity index (χ2n) is 6.99. The van der Waals surface area contributed by atoms with Gasteiger partial charge in [0, 0.05) is 17.3 Å². The van der Waals surface area contributed by atoms with Gasteiger partial charge in [-0.25, -0.2) is 4.98 Å². The molecule has 0 N–H and O–H groups in total. The van der Waals surface area contributed by atoms with E-state index in [9.17, 15) is 19.7 Å². The number of pyridine rings is 1. The zero-order chi connectivity index (χ0) is 24.2. The van der Waals surface area contributed by atoms with E-state index < -0.39 is 10.8 Å². The fourth-order valence-electron chi connectivity index (χ4n) is 3.12. The minimum Gasteiger partial charge on any atom is -0.493 e. The van der Waals surface area contributed by atoms with Crippen molar-refractivity contribution in [1.82, 2.24) is 9.88 Å². The summed E-state index contributed by atoms with van der Waals surface area (Å²) in [6, 6.07) is 14.4. The molecule has 0 atom stereocenters. The molecule has 1 fully saturated rings. The average Bonchev–Trinajstić information content (AvgIpc) is 3.08. The van der Waals surface area contributed by atoms with Gasteiger partial charge in [0.05, 0.1) is 23.5 Å². The zero-order valence-corrected chi connectivity index (χ0v) is 19.2. The van der Waals surface area contributed by atoms with Crippen molar-refractivity contribution in [2.24, 2.45) is 0 Å². The number of hydrogen-bond acceptors (Lipinski definition) is 8. The largest absolute Gasteiger partial charge is 0.493 e. The van der Waals surface area contributed by atoms with Crippen molar-refractivity contribution in [3.63, 3.8) is 0 Å². The van der Waals surface area contributed by atoms with Crippen LogP contribution < -0.4 is 9.47 Å². The van der Waals surface area contributed by atoms with E-state index in [0.29, 0.717) is 10.6 Å². The van der Waals surface area contributed by atoms with E-state index in [0.717, 1.165) is 22.2 Å². The van der Waals surface area contributed by atoms with E-state index in [1.807, 2.05) is 0 Å². The number of nitrogens with zero attached hydrogens (tertiary/aromatic N) is 3. The summed E-state index contributed by atoms with van der Waals surface area (Å²) in [5.74, 6) is -0.110. The first kappa shape index (κ1) is 23.3. The van der Waals surface area contributed by atoms with Crippen molar-refractivity contribution in [3.05, 3.63) is 92.0 Å². The Labute approximate surface area is 203 Å². The Kier molecular flexibility index (Phi) is 6.80. The lowest BCUT2D eigenvalue weighted by Crippen LogP contribution is -2.27. The maximum Gasteiger partial charge on any atom is 0.331 e. The Hall–Kier alpha value is -3.89. The molecule has 1 aromatic heterocycles. The fourth-order valence-corrected chi connectivity index (χ4v) is 4.09. The molecule has 2 amide bonds. The summed E-state index contributed by atoms with van der Waals surface area (Å²) in [4.78, 5) is 41.2. The van der Waals surface area contributed by atoms with Gasteiger partial charge in [0.25, 0.3) is 17.0 Å². The van der Waals surface area contributed by atoms with Crippen LogP contribution in [0.3, 0.4) is 0 Å². The fraction of sp³-hybridized carbons (Fsp3) is 0.0870. The van der Waals surface area contributed by atoms with Crippen LogP contribution in [0.25, 0.3) is 6.08 Å². The number of amides is 2. The van der Waals surface area contributed by atoms with Gasteiger partial charge in [-0.05, 0) is 59.3 Å². The van der Waals surface area contributed by atoms with Gasteiger partial charge in [0.1, 0.15) is 0 Å². The molecular weight excluding hydrogens is 482 g/mol. The Morgan fingerprint density at radius 1 is 1.15 bits per heavy atom. The molecule has 0 aliphatic carbocycles. The molecule has 1 aliphatic heterocycles. The van der Waals surface area contributed by atoms with Crippen LogP contribution in [0, 0.1) is 10.1 Å². The third-order valence-electron chi connectivity index (χ3n) is 4.77. The van der Waals surface area contributed by atoms with Crippen LogP contribution in [0.1, 0.15) is 11.1 Å². The topological polar surface area (TPSA) is 112 Å². The van der Waals surface area contributed by atoms with Crippen LogP contribution in [-0.4, -0.2) is 33.1 Å². The van der Waals surface area contributed by atoms with Crippen LogP contribution in [0.15, 0.2) is 65.7 Å². The minimum absolute atomic E-state index is 0.137. The number of carbonyl (C=O) groups is 2. The van der Waals surface area contributed by atoms with Gasteiger partial charge in [0.15, 0.2) is 11.5 Å². The van der Waals surface area contributed by atoms with Crippen molar-refractivity contribution in [2.75, 3.05) is 7.11 Å². The second-order valence-corrected chi connectivity index (χ2v) is 8.42. The lowest BCUT2D eigenvalue weighted by molar-refractivity contribution is -0.386. The highest BCUT2D eigenvalue weighted by atomic mass is 35.5. The van der Waals surface area contributed by atoms with Gasteiger partial charge in [-0.15, -0.1) is 0 Å². The number of rotatable bonds is 7. The van der Waals surface area contributed by atoms with Crippen molar-refractivity contribution in [1.29, 1.82) is 0 Å². The number of benzene rings is 2. The van der Waals surface area contributed by atoms with Gasteiger partial charge in [-0.2, -0.15) is 0 Å². The SMILES string of the molecule is COc1cc(/C=C2\SC(=O)N(Cc3ccc(Cl)cc3)C2=O)ccc1Oc1ncccc1[N+](=O)[O-]. The molecule has 0 bridgehead atoms. The molecule has 11 heteroatoms. The molecule has 0 saturated carbocycles. The summed E-state index contributed by atoms with van der Waals surface area (Å²) in [5.41, 5.74) is 1.07. The minimum atomic E-state index is -0.594. The number of nitro groups is 1. The van der Waals surface area contributed by atoms with Gasteiger partial charge in [-0.3, -0.25) is 24.6 Å².